The molecule has 2 aromatic carbocycles. The molecule has 1 aliphatic rings. The number of amidine groups is 1. The average molecular weight is 481 g/mol. The number of nitrogen functional groups attached to an aromatic ring is 1. The number of carbonyl (C=O) groups is 2. The third-order valence-electron chi connectivity index (χ3n) is 4.71. The summed E-state index contributed by atoms with van der Waals surface area (Å²) in [5.74, 6) is -3.68. The number of hydrazine groups is 1. The van der Waals surface area contributed by atoms with E-state index < -0.39 is 44.5 Å². The number of nitrogens with one attached hydrogen (secondary N) is 3. The van der Waals surface area contributed by atoms with Crippen molar-refractivity contribution in [2.75, 3.05) is 13.2 Å². The van der Waals surface area contributed by atoms with Gasteiger partial charge in [0.15, 0.2) is 0 Å². The highest BCUT2D eigenvalue weighted by Gasteiger charge is 2.34. The Labute approximate surface area is 188 Å². The van der Waals surface area contributed by atoms with Crippen molar-refractivity contribution in [2.24, 2.45) is 5.73 Å². The van der Waals surface area contributed by atoms with Crippen LogP contribution in [0.2, 0.25) is 0 Å². The molecule has 1 aliphatic heterocycles. The Bertz CT molecular complexity index is 1170. The Kier molecular flexibility index (Phi) is 7.36. The van der Waals surface area contributed by atoms with Crippen molar-refractivity contribution in [3.63, 3.8) is 0 Å². The molecular weight excluding hydrogens is 460 g/mol. The van der Waals surface area contributed by atoms with Crippen LogP contribution in [0.25, 0.3) is 0 Å². The first kappa shape index (κ1) is 24.2. The average Bonchev–Trinajstić information content (AvgIpc) is 2.75. The van der Waals surface area contributed by atoms with E-state index in [1.54, 1.807) is 24.3 Å². The van der Waals surface area contributed by atoms with Crippen LogP contribution in [0, 0.1) is 17.0 Å². The van der Waals surface area contributed by atoms with Crippen LogP contribution >= 0.6 is 0 Å². The third kappa shape index (κ3) is 6.09. The summed E-state index contributed by atoms with van der Waals surface area (Å²) in [5, 5.41) is 10.7. The molecule has 0 bridgehead atoms. The van der Waals surface area contributed by atoms with Gasteiger partial charge >= 0.3 is 0 Å². The minimum atomic E-state index is -4.51. The number of carbonyl (C=O) groups excluding carboxylic acids is 2. The van der Waals surface area contributed by atoms with Crippen LogP contribution in [0.1, 0.15) is 17.5 Å². The molecule has 1 fully saturated rings. The molecule has 1 saturated heterocycles. The van der Waals surface area contributed by atoms with Crippen LogP contribution < -0.4 is 15.9 Å². The smallest absolute Gasteiger partial charge is 0.267 e. The predicted octanol–water partition coefficient (Wildman–Crippen LogP) is 0.376. The van der Waals surface area contributed by atoms with Gasteiger partial charge in [0.2, 0.25) is 5.91 Å². The Morgan fingerprint density at radius 2 is 1.91 bits per heavy atom. The zero-order valence-corrected chi connectivity index (χ0v) is 18.0. The minimum Gasteiger partial charge on any atom is -0.384 e. The van der Waals surface area contributed by atoms with Crippen LogP contribution in [0.3, 0.4) is 0 Å². The zero-order valence-electron chi connectivity index (χ0n) is 17.2. The summed E-state index contributed by atoms with van der Waals surface area (Å²) in [5.41, 5.74) is 6.66. The number of morpholine rings is 1. The van der Waals surface area contributed by atoms with E-state index in [1.165, 1.54) is 0 Å². The summed E-state index contributed by atoms with van der Waals surface area (Å²) < 4.78 is 57.1. The number of halogens is 2. The van der Waals surface area contributed by atoms with E-state index in [-0.39, 0.29) is 32.0 Å². The van der Waals surface area contributed by atoms with Crippen molar-refractivity contribution in [3.8, 4) is 0 Å². The van der Waals surface area contributed by atoms with E-state index in [0.29, 0.717) is 11.6 Å². The number of amides is 2. The standard InChI is InChI=1S/C20H21F2N5O5S/c21-14-5-6-17(15(22)9-14)33(30,31)26-27-7-8-32-16(20(27)29)10-18(28)25-11-12-1-3-13(4-2-12)19(23)24/h1-6,9,16,26H,7-8,10-11H2,(H3,23,24)(H,25,28)/t16-/m0/s1. The molecule has 33 heavy (non-hydrogen) atoms. The van der Waals surface area contributed by atoms with E-state index in [4.69, 9.17) is 15.9 Å². The van der Waals surface area contributed by atoms with Crippen molar-refractivity contribution in [1.29, 1.82) is 5.41 Å². The van der Waals surface area contributed by atoms with Gasteiger partial charge in [0.1, 0.15) is 28.5 Å². The van der Waals surface area contributed by atoms with Gasteiger partial charge in [-0.1, -0.05) is 24.3 Å². The maximum absolute atomic E-state index is 13.9. The monoisotopic (exact) mass is 481 g/mol. The second-order valence-electron chi connectivity index (χ2n) is 7.11. The number of sulfonamides is 1. The van der Waals surface area contributed by atoms with Crippen LogP contribution in [0.15, 0.2) is 47.4 Å². The first-order valence-corrected chi connectivity index (χ1v) is 11.2. The molecule has 0 spiro atoms. The van der Waals surface area contributed by atoms with E-state index in [2.05, 4.69) is 5.32 Å². The molecule has 10 nitrogen and oxygen atoms in total. The summed E-state index contributed by atoms with van der Waals surface area (Å²) in [6.07, 6.45) is -1.62. The molecule has 1 atom stereocenters. The molecule has 3 rings (SSSR count). The number of benzene rings is 2. The molecule has 0 radical (unpaired) electrons. The molecule has 5 N–H and O–H groups in total. The summed E-state index contributed by atoms with van der Waals surface area (Å²) >= 11 is 0. The molecule has 176 valence electrons. The fourth-order valence-corrected chi connectivity index (χ4v) is 4.14. The number of hydrogen-bond donors (Lipinski definition) is 4. The summed E-state index contributed by atoms with van der Waals surface area (Å²) in [6, 6.07) is 8.56. The van der Waals surface area contributed by atoms with Crippen LogP contribution in [0.4, 0.5) is 8.78 Å². The minimum absolute atomic E-state index is 0.0649. The van der Waals surface area contributed by atoms with Crippen LogP contribution in [-0.2, 0) is 30.9 Å². The van der Waals surface area contributed by atoms with Crippen molar-refractivity contribution in [2.45, 2.75) is 24.0 Å². The van der Waals surface area contributed by atoms with Gasteiger partial charge in [0.25, 0.3) is 15.9 Å². The molecular formula is C20H21F2N5O5S. The molecule has 0 aliphatic carbocycles. The van der Waals surface area contributed by atoms with Gasteiger partial charge in [0.05, 0.1) is 19.6 Å². The van der Waals surface area contributed by atoms with Crippen molar-refractivity contribution < 1.29 is 31.5 Å². The van der Waals surface area contributed by atoms with Crippen molar-refractivity contribution >= 4 is 27.7 Å². The van der Waals surface area contributed by atoms with Gasteiger partial charge in [-0.15, -0.1) is 4.83 Å². The van der Waals surface area contributed by atoms with E-state index in [9.17, 15) is 26.8 Å². The largest absolute Gasteiger partial charge is 0.384 e. The summed E-state index contributed by atoms with van der Waals surface area (Å²) in [7, 11) is -4.51. The zero-order chi connectivity index (χ0) is 24.2. The lowest BCUT2D eigenvalue weighted by Gasteiger charge is -2.31. The number of nitrogens with zero attached hydrogens (tertiary/aromatic N) is 1. The predicted molar refractivity (Wildman–Crippen MR) is 112 cm³/mol. The molecule has 0 unspecified atom stereocenters. The third-order valence-corrected chi connectivity index (χ3v) is 6.09. The number of rotatable bonds is 8. The quantitative estimate of drug-likeness (QED) is 0.316. The number of nitrogens with two attached hydrogens (primary N) is 1. The molecule has 2 amide bonds. The summed E-state index contributed by atoms with van der Waals surface area (Å²) in [6.45, 7) is -0.0791. The van der Waals surface area contributed by atoms with Gasteiger partial charge in [0, 0.05) is 18.2 Å². The second kappa shape index (κ2) is 10.0. The number of hydrogen-bond acceptors (Lipinski definition) is 6. The highest BCUT2D eigenvalue weighted by atomic mass is 32.2. The SMILES string of the molecule is N=C(N)c1ccc(CNC(=O)C[C@@H]2OCCN(NS(=O)(=O)c3ccc(F)cc3F)C2=O)cc1. The van der Waals surface area contributed by atoms with Crippen molar-refractivity contribution in [1.82, 2.24) is 15.2 Å². The topological polar surface area (TPSA) is 155 Å². The van der Waals surface area contributed by atoms with Crippen LogP contribution in [-0.4, -0.2) is 50.3 Å². The molecule has 0 aromatic heterocycles. The lowest BCUT2D eigenvalue weighted by Crippen LogP contribution is -2.56. The summed E-state index contributed by atoms with van der Waals surface area (Å²) in [4.78, 5) is 26.0. The normalized spacial score (nSPS) is 16.5. The first-order valence-electron chi connectivity index (χ1n) is 9.67. The maximum Gasteiger partial charge on any atom is 0.267 e. The molecule has 2 aromatic rings. The second-order valence-corrected chi connectivity index (χ2v) is 8.74. The van der Waals surface area contributed by atoms with Gasteiger partial charge in [-0.2, -0.15) is 0 Å². The van der Waals surface area contributed by atoms with E-state index >= 15 is 0 Å². The van der Waals surface area contributed by atoms with Crippen LogP contribution in [0.5, 0.6) is 0 Å². The maximum atomic E-state index is 13.9. The van der Waals surface area contributed by atoms with Crippen molar-refractivity contribution in [3.05, 3.63) is 65.2 Å². The van der Waals surface area contributed by atoms with Gasteiger partial charge in [-0.05, 0) is 17.7 Å². The fourth-order valence-electron chi connectivity index (χ4n) is 3.01. The van der Waals surface area contributed by atoms with E-state index in [1.807, 2.05) is 4.83 Å². The molecule has 13 heteroatoms. The number of ether oxygens (including phenoxy) is 1. The lowest BCUT2D eigenvalue weighted by atomic mass is 10.1. The Balaban J connectivity index is 1.58. The first-order chi connectivity index (χ1) is 15.6. The highest BCUT2D eigenvalue weighted by Crippen LogP contribution is 2.17. The fraction of sp³-hybridized carbons (Fsp3) is 0.250. The highest BCUT2D eigenvalue weighted by molar-refractivity contribution is 7.89. The lowest BCUT2D eigenvalue weighted by molar-refractivity contribution is -0.157. The van der Waals surface area contributed by atoms with Gasteiger partial charge < -0.3 is 15.8 Å². The Hall–Kier alpha value is -3.42. The molecule has 0 saturated carbocycles. The Morgan fingerprint density at radius 3 is 2.55 bits per heavy atom. The molecule has 1 heterocycles. The van der Waals surface area contributed by atoms with Gasteiger partial charge in [-0.3, -0.25) is 20.0 Å². The van der Waals surface area contributed by atoms with Gasteiger partial charge in [-0.25, -0.2) is 17.2 Å². The van der Waals surface area contributed by atoms with E-state index in [0.717, 1.165) is 22.7 Å². The Morgan fingerprint density at radius 1 is 1.21 bits per heavy atom.